The smallest absolute Gasteiger partial charge is 0.359 e. The van der Waals surface area contributed by atoms with Crippen LogP contribution in [0.1, 0.15) is 57.9 Å². The summed E-state index contributed by atoms with van der Waals surface area (Å²) in [5.41, 5.74) is -0.111. The van der Waals surface area contributed by atoms with Crippen LogP contribution in [0.2, 0.25) is 0 Å². The van der Waals surface area contributed by atoms with Gasteiger partial charge in [-0.25, -0.2) is 4.79 Å². The number of esters is 1. The number of thiophene rings is 1. The molecule has 2 aromatic heterocycles. The van der Waals surface area contributed by atoms with E-state index in [4.69, 9.17) is 9.47 Å². The summed E-state index contributed by atoms with van der Waals surface area (Å²) in [5, 5.41) is 2.45. The van der Waals surface area contributed by atoms with Gasteiger partial charge in [-0.05, 0) is 30.2 Å². The van der Waals surface area contributed by atoms with E-state index in [0.29, 0.717) is 29.0 Å². The minimum absolute atomic E-state index is 0.169. The summed E-state index contributed by atoms with van der Waals surface area (Å²) in [6.45, 7) is 11.1. The third-order valence-electron chi connectivity index (χ3n) is 3.68. The predicted molar refractivity (Wildman–Crippen MR) is 102 cm³/mol. The van der Waals surface area contributed by atoms with Gasteiger partial charge in [-0.2, -0.15) is 0 Å². The monoisotopic (exact) mass is 365 g/mol. The summed E-state index contributed by atoms with van der Waals surface area (Å²) in [6.07, 6.45) is 1.87. The maximum atomic E-state index is 13.0. The number of fused-ring (bicyclic) bond motifs is 1. The highest BCUT2D eigenvalue weighted by Gasteiger charge is 2.27. The Morgan fingerprint density at radius 3 is 2.60 bits per heavy atom. The summed E-state index contributed by atoms with van der Waals surface area (Å²) < 4.78 is 13.5. The molecule has 0 aliphatic carbocycles. The summed E-state index contributed by atoms with van der Waals surface area (Å²) in [5.74, 6) is -0.0357. The molecular formula is C19H27NO4S. The first-order valence-corrected chi connectivity index (χ1v) is 9.62. The Kier molecular flexibility index (Phi) is 6.27. The van der Waals surface area contributed by atoms with Crippen LogP contribution in [0, 0.1) is 5.41 Å². The van der Waals surface area contributed by atoms with E-state index in [1.807, 2.05) is 26.2 Å². The summed E-state index contributed by atoms with van der Waals surface area (Å²) in [4.78, 5) is 25.7. The molecule has 0 unspecified atom stereocenters. The number of carbonyl (C=O) groups excluding carboxylic acids is 1. The van der Waals surface area contributed by atoms with Gasteiger partial charge >= 0.3 is 5.97 Å². The third kappa shape index (κ3) is 4.42. The second-order valence-corrected chi connectivity index (χ2v) is 8.13. The van der Waals surface area contributed by atoms with Gasteiger partial charge in [-0.3, -0.25) is 9.36 Å². The number of ether oxygens (including phenoxy) is 2. The molecule has 0 aromatic carbocycles. The third-order valence-corrected chi connectivity index (χ3v) is 4.59. The molecule has 0 saturated carbocycles. The molecule has 5 nitrogen and oxygen atoms in total. The predicted octanol–water partition coefficient (Wildman–Crippen LogP) is 4.46. The topological polar surface area (TPSA) is 57.5 Å². The van der Waals surface area contributed by atoms with Crippen LogP contribution in [0.25, 0.3) is 10.1 Å². The van der Waals surface area contributed by atoms with Gasteiger partial charge in [0.2, 0.25) is 0 Å². The van der Waals surface area contributed by atoms with E-state index in [1.54, 1.807) is 13.0 Å². The minimum Gasteiger partial charge on any atom is -0.490 e. The number of aromatic nitrogens is 1. The van der Waals surface area contributed by atoms with E-state index in [9.17, 15) is 9.59 Å². The van der Waals surface area contributed by atoms with Crippen molar-refractivity contribution in [1.82, 2.24) is 4.57 Å². The number of nitrogens with zero attached hydrogens (tertiary/aromatic N) is 1. The van der Waals surface area contributed by atoms with Crippen molar-refractivity contribution in [3.8, 4) is 5.75 Å². The van der Waals surface area contributed by atoms with E-state index in [0.717, 1.165) is 12.8 Å². The summed E-state index contributed by atoms with van der Waals surface area (Å²) >= 11 is 1.42. The molecule has 138 valence electrons. The van der Waals surface area contributed by atoms with E-state index in [-0.39, 0.29) is 23.3 Å². The number of carbonyl (C=O) groups is 1. The Bertz CT molecular complexity index is 798. The van der Waals surface area contributed by atoms with E-state index in [1.165, 1.54) is 15.9 Å². The minimum atomic E-state index is -0.509. The highest BCUT2D eigenvalue weighted by atomic mass is 32.1. The Morgan fingerprint density at radius 1 is 1.28 bits per heavy atom. The lowest BCUT2D eigenvalue weighted by atomic mass is 9.96. The van der Waals surface area contributed by atoms with Gasteiger partial charge in [-0.15, -0.1) is 11.3 Å². The Morgan fingerprint density at radius 2 is 2.00 bits per heavy atom. The fourth-order valence-electron chi connectivity index (χ4n) is 2.61. The number of pyridine rings is 1. The molecule has 0 saturated heterocycles. The molecule has 2 heterocycles. The van der Waals surface area contributed by atoms with Crippen molar-refractivity contribution >= 4 is 27.4 Å². The fraction of sp³-hybridized carbons (Fsp3) is 0.579. The first-order chi connectivity index (χ1) is 11.8. The zero-order chi connectivity index (χ0) is 18.6. The van der Waals surface area contributed by atoms with Crippen LogP contribution in [-0.2, 0) is 11.3 Å². The number of unbranched alkanes of at least 4 members (excludes halogenated alkanes) is 1. The zero-order valence-corrected chi connectivity index (χ0v) is 16.5. The van der Waals surface area contributed by atoms with E-state index < -0.39 is 5.97 Å². The number of hydrogen-bond donors (Lipinski definition) is 0. The SMILES string of the molecule is CCCCOc1c(C(=O)OCC)n(CC(C)(C)C)c(=O)c2ccsc12. The summed E-state index contributed by atoms with van der Waals surface area (Å²) in [7, 11) is 0. The van der Waals surface area contributed by atoms with Gasteiger partial charge < -0.3 is 9.47 Å². The molecule has 0 aliphatic heterocycles. The molecule has 0 spiro atoms. The second kappa shape index (κ2) is 8.04. The van der Waals surface area contributed by atoms with Crippen molar-refractivity contribution in [2.24, 2.45) is 5.41 Å². The molecule has 0 radical (unpaired) electrons. The average Bonchev–Trinajstić information content (AvgIpc) is 3.00. The average molecular weight is 365 g/mol. The fourth-order valence-corrected chi connectivity index (χ4v) is 3.50. The zero-order valence-electron chi connectivity index (χ0n) is 15.7. The van der Waals surface area contributed by atoms with Crippen molar-refractivity contribution in [2.75, 3.05) is 13.2 Å². The van der Waals surface area contributed by atoms with Crippen molar-refractivity contribution in [1.29, 1.82) is 0 Å². The largest absolute Gasteiger partial charge is 0.490 e. The lowest BCUT2D eigenvalue weighted by Crippen LogP contribution is -2.32. The van der Waals surface area contributed by atoms with Crippen molar-refractivity contribution in [3.05, 3.63) is 27.5 Å². The molecule has 0 N–H and O–H groups in total. The van der Waals surface area contributed by atoms with Crippen LogP contribution in [0.4, 0.5) is 0 Å². The van der Waals surface area contributed by atoms with Gasteiger partial charge in [0, 0.05) is 6.54 Å². The maximum absolute atomic E-state index is 13.0. The van der Waals surface area contributed by atoms with E-state index in [2.05, 4.69) is 6.92 Å². The standard InChI is InChI=1S/C19H27NO4S/c1-6-8-10-24-15-14(18(22)23-7-2)20(12-19(3,4)5)17(21)13-9-11-25-16(13)15/h9,11H,6-8,10,12H2,1-5H3. The molecule has 2 rings (SSSR count). The van der Waals surface area contributed by atoms with Gasteiger partial charge in [0.1, 0.15) is 0 Å². The van der Waals surface area contributed by atoms with Gasteiger partial charge in [0.05, 0.1) is 23.3 Å². The van der Waals surface area contributed by atoms with Gasteiger partial charge in [0.15, 0.2) is 11.4 Å². The van der Waals surface area contributed by atoms with Crippen LogP contribution in [0.5, 0.6) is 5.75 Å². The highest BCUT2D eigenvalue weighted by molar-refractivity contribution is 7.17. The molecule has 0 aliphatic rings. The molecule has 0 fully saturated rings. The summed E-state index contributed by atoms with van der Waals surface area (Å²) in [6, 6.07) is 1.79. The van der Waals surface area contributed by atoms with Crippen LogP contribution in [0.15, 0.2) is 16.2 Å². The molecule has 25 heavy (non-hydrogen) atoms. The lowest BCUT2D eigenvalue weighted by molar-refractivity contribution is 0.0504. The van der Waals surface area contributed by atoms with Crippen molar-refractivity contribution in [2.45, 2.75) is 54.0 Å². The molecule has 2 aromatic rings. The van der Waals surface area contributed by atoms with Crippen LogP contribution in [0.3, 0.4) is 0 Å². The maximum Gasteiger partial charge on any atom is 0.359 e. The first-order valence-electron chi connectivity index (χ1n) is 8.74. The quantitative estimate of drug-likeness (QED) is 0.537. The Balaban J connectivity index is 2.72. The normalized spacial score (nSPS) is 11.7. The highest BCUT2D eigenvalue weighted by Crippen LogP contribution is 2.34. The number of hydrogen-bond acceptors (Lipinski definition) is 5. The van der Waals surface area contributed by atoms with Crippen LogP contribution < -0.4 is 10.3 Å². The molecular weight excluding hydrogens is 338 g/mol. The first kappa shape index (κ1) is 19.5. The number of rotatable bonds is 7. The second-order valence-electron chi connectivity index (χ2n) is 7.22. The van der Waals surface area contributed by atoms with Crippen LogP contribution >= 0.6 is 11.3 Å². The van der Waals surface area contributed by atoms with Crippen molar-refractivity contribution in [3.63, 3.8) is 0 Å². The Hall–Kier alpha value is -1.82. The Labute approximate surface area is 152 Å². The molecule has 0 bridgehead atoms. The molecule has 0 atom stereocenters. The lowest BCUT2D eigenvalue weighted by Gasteiger charge is -2.24. The molecule has 0 amide bonds. The van der Waals surface area contributed by atoms with Crippen molar-refractivity contribution < 1.29 is 14.3 Å². The van der Waals surface area contributed by atoms with Gasteiger partial charge in [0.25, 0.3) is 5.56 Å². The van der Waals surface area contributed by atoms with E-state index >= 15 is 0 Å². The van der Waals surface area contributed by atoms with Crippen LogP contribution in [-0.4, -0.2) is 23.8 Å². The molecule has 6 heteroatoms. The van der Waals surface area contributed by atoms with Gasteiger partial charge in [-0.1, -0.05) is 34.1 Å².